The monoisotopic (exact) mass is 449 g/mol. The molecule has 0 atom stereocenters. The quantitative estimate of drug-likeness (QED) is 0.438. The predicted octanol–water partition coefficient (Wildman–Crippen LogP) is 3.63. The third kappa shape index (κ3) is 4.84. The molecule has 9 heteroatoms. The molecular weight excluding hydrogens is 426 g/mol. The number of nitrogens with two attached hydrogens (primary N) is 1. The summed E-state index contributed by atoms with van der Waals surface area (Å²) in [7, 11) is 3.24. The Kier molecular flexibility index (Phi) is 6.58. The molecule has 4 rings (SSSR count). The molecule has 0 spiro atoms. The average Bonchev–Trinajstić information content (AvgIpc) is 3.25. The summed E-state index contributed by atoms with van der Waals surface area (Å²) in [4.78, 5) is 27.8. The second-order valence-corrected chi connectivity index (χ2v) is 8.10. The number of hydrogen-bond acceptors (Lipinski definition) is 8. The van der Waals surface area contributed by atoms with Crippen LogP contribution in [0.2, 0.25) is 0 Å². The van der Waals surface area contributed by atoms with Gasteiger partial charge in [-0.15, -0.1) is 11.3 Å². The summed E-state index contributed by atoms with van der Waals surface area (Å²) in [5.74, 6) is 0.826. The van der Waals surface area contributed by atoms with Gasteiger partial charge in [0.15, 0.2) is 5.01 Å². The molecule has 0 aliphatic heterocycles. The number of amides is 1. The van der Waals surface area contributed by atoms with Gasteiger partial charge >= 0.3 is 0 Å². The van der Waals surface area contributed by atoms with Crippen LogP contribution in [0.25, 0.3) is 21.5 Å². The van der Waals surface area contributed by atoms with Crippen LogP contribution in [-0.4, -0.2) is 53.1 Å². The molecule has 0 aliphatic rings. The van der Waals surface area contributed by atoms with Crippen LogP contribution in [0.1, 0.15) is 15.4 Å². The third-order valence-electron chi connectivity index (χ3n) is 4.90. The maximum absolute atomic E-state index is 13.3. The van der Waals surface area contributed by atoms with Gasteiger partial charge in [0, 0.05) is 32.0 Å². The minimum absolute atomic E-state index is 0.140. The number of carbonyl (C=O) groups is 1. The third-order valence-corrected chi connectivity index (χ3v) is 5.91. The lowest BCUT2D eigenvalue weighted by Gasteiger charge is -2.21. The van der Waals surface area contributed by atoms with Gasteiger partial charge < -0.3 is 20.1 Å². The standard InChI is InChI=1S/C23H23N5O3S/c1-30-11-10-28(14-15-4-3-5-17(12-15)31-2)22(29)21-26-19-7-6-16(13-20(19)32-21)18-8-9-25-23(24)27-18/h3-9,12-13H,10-11,14H2,1-2H3,(H2,24,25,27). The van der Waals surface area contributed by atoms with Gasteiger partial charge in [-0.1, -0.05) is 18.2 Å². The zero-order chi connectivity index (χ0) is 22.5. The van der Waals surface area contributed by atoms with E-state index >= 15 is 0 Å². The van der Waals surface area contributed by atoms with Gasteiger partial charge in [-0.2, -0.15) is 0 Å². The first-order valence-electron chi connectivity index (χ1n) is 9.98. The number of anilines is 1. The number of carbonyl (C=O) groups excluding carboxylic acids is 1. The van der Waals surface area contributed by atoms with Gasteiger partial charge in [0.2, 0.25) is 5.95 Å². The van der Waals surface area contributed by atoms with Crippen molar-refractivity contribution >= 4 is 33.4 Å². The Hall–Kier alpha value is -3.56. The fourth-order valence-corrected chi connectivity index (χ4v) is 4.26. The summed E-state index contributed by atoms with van der Waals surface area (Å²) < 4.78 is 11.4. The molecular formula is C23H23N5O3S. The van der Waals surface area contributed by atoms with E-state index in [2.05, 4.69) is 15.0 Å². The second kappa shape index (κ2) is 9.71. The fraction of sp³-hybridized carbons (Fsp3) is 0.217. The molecule has 0 radical (unpaired) electrons. The lowest BCUT2D eigenvalue weighted by molar-refractivity contribution is 0.0680. The van der Waals surface area contributed by atoms with Crippen LogP contribution in [-0.2, 0) is 11.3 Å². The van der Waals surface area contributed by atoms with Crippen molar-refractivity contribution < 1.29 is 14.3 Å². The van der Waals surface area contributed by atoms with Crippen molar-refractivity contribution in [1.82, 2.24) is 19.9 Å². The maximum atomic E-state index is 13.3. The van der Waals surface area contributed by atoms with Crippen LogP contribution in [0.5, 0.6) is 5.75 Å². The molecule has 8 nitrogen and oxygen atoms in total. The largest absolute Gasteiger partial charge is 0.497 e. The van der Waals surface area contributed by atoms with E-state index in [0.29, 0.717) is 24.7 Å². The number of benzene rings is 2. The highest BCUT2D eigenvalue weighted by molar-refractivity contribution is 7.20. The molecule has 32 heavy (non-hydrogen) atoms. The molecule has 0 saturated carbocycles. The molecule has 0 fully saturated rings. The Morgan fingerprint density at radius 1 is 1.12 bits per heavy atom. The molecule has 0 saturated heterocycles. The van der Waals surface area contributed by atoms with Crippen LogP contribution in [0.15, 0.2) is 54.7 Å². The number of thiazole rings is 1. The molecule has 2 aromatic carbocycles. The SMILES string of the molecule is COCCN(Cc1cccc(OC)c1)C(=O)c1nc2ccc(-c3ccnc(N)n3)cc2s1. The van der Waals surface area contributed by atoms with Crippen molar-refractivity contribution in [3.8, 4) is 17.0 Å². The van der Waals surface area contributed by atoms with Crippen molar-refractivity contribution in [2.45, 2.75) is 6.54 Å². The van der Waals surface area contributed by atoms with Crippen LogP contribution < -0.4 is 10.5 Å². The highest BCUT2D eigenvalue weighted by Gasteiger charge is 2.20. The minimum atomic E-state index is -0.140. The van der Waals surface area contributed by atoms with Crippen molar-refractivity contribution in [1.29, 1.82) is 0 Å². The van der Waals surface area contributed by atoms with E-state index in [1.165, 1.54) is 11.3 Å². The summed E-state index contributed by atoms with van der Waals surface area (Å²) in [5, 5.41) is 0.429. The lowest BCUT2D eigenvalue weighted by atomic mass is 10.1. The van der Waals surface area contributed by atoms with Gasteiger partial charge in [0.25, 0.3) is 5.91 Å². The topological polar surface area (TPSA) is 103 Å². The van der Waals surface area contributed by atoms with Gasteiger partial charge in [-0.25, -0.2) is 15.0 Å². The lowest BCUT2D eigenvalue weighted by Crippen LogP contribution is -2.33. The van der Waals surface area contributed by atoms with Gasteiger partial charge in [0.05, 0.1) is 29.6 Å². The van der Waals surface area contributed by atoms with E-state index in [9.17, 15) is 4.79 Å². The molecule has 164 valence electrons. The fourth-order valence-electron chi connectivity index (χ4n) is 3.29. The molecule has 2 aromatic heterocycles. The Morgan fingerprint density at radius 2 is 2.00 bits per heavy atom. The van der Waals surface area contributed by atoms with E-state index in [1.807, 2.05) is 42.5 Å². The first kappa shape index (κ1) is 21.7. The normalized spacial score (nSPS) is 10.9. The summed E-state index contributed by atoms with van der Waals surface area (Å²) in [5.41, 5.74) is 9.05. The number of aromatic nitrogens is 3. The van der Waals surface area contributed by atoms with E-state index in [1.54, 1.807) is 31.4 Å². The zero-order valence-corrected chi connectivity index (χ0v) is 18.6. The highest BCUT2D eigenvalue weighted by atomic mass is 32.1. The number of nitrogens with zero attached hydrogens (tertiary/aromatic N) is 4. The van der Waals surface area contributed by atoms with Gasteiger partial charge in [-0.05, 0) is 35.9 Å². The van der Waals surface area contributed by atoms with E-state index in [4.69, 9.17) is 15.2 Å². The molecule has 0 aliphatic carbocycles. The van der Waals surface area contributed by atoms with Gasteiger partial charge in [-0.3, -0.25) is 4.79 Å². The predicted molar refractivity (Wildman–Crippen MR) is 125 cm³/mol. The first-order chi connectivity index (χ1) is 15.6. The van der Waals surface area contributed by atoms with Crippen molar-refractivity contribution in [2.24, 2.45) is 0 Å². The smallest absolute Gasteiger partial charge is 0.283 e. The number of fused-ring (bicyclic) bond motifs is 1. The van der Waals surface area contributed by atoms with Crippen LogP contribution in [0.3, 0.4) is 0 Å². The molecule has 0 bridgehead atoms. The average molecular weight is 450 g/mol. The Morgan fingerprint density at radius 3 is 2.78 bits per heavy atom. The zero-order valence-electron chi connectivity index (χ0n) is 17.8. The molecule has 2 N–H and O–H groups in total. The van der Waals surface area contributed by atoms with Crippen LogP contribution in [0.4, 0.5) is 5.95 Å². The van der Waals surface area contributed by atoms with Gasteiger partial charge in [0.1, 0.15) is 5.75 Å². The van der Waals surface area contributed by atoms with Crippen molar-refractivity contribution in [3.05, 3.63) is 65.3 Å². The number of methoxy groups -OCH3 is 2. The van der Waals surface area contributed by atoms with Crippen molar-refractivity contribution in [3.63, 3.8) is 0 Å². The Bertz CT molecular complexity index is 1240. The summed E-state index contributed by atoms with van der Waals surface area (Å²) in [6.45, 7) is 1.31. The molecule has 0 unspecified atom stereocenters. The highest BCUT2D eigenvalue weighted by Crippen LogP contribution is 2.28. The Balaban J connectivity index is 1.61. The van der Waals surface area contributed by atoms with E-state index in [-0.39, 0.29) is 11.9 Å². The van der Waals surface area contributed by atoms with E-state index in [0.717, 1.165) is 32.8 Å². The second-order valence-electron chi connectivity index (χ2n) is 7.07. The molecule has 4 aromatic rings. The maximum Gasteiger partial charge on any atom is 0.283 e. The summed E-state index contributed by atoms with van der Waals surface area (Å²) in [6, 6.07) is 15.2. The molecule has 2 heterocycles. The summed E-state index contributed by atoms with van der Waals surface area (Å²) >= 11 is 1.36. The Labute approximate surface area is 189 Å². The number of ether oxygens (including phenoxy) is 2. The molecule has 1 amide bonds. The first-order valence-corrected chi connectivity index (χ1v) is 10.8. The van der Waals surface area contributed by atoms with Crippen LogP contribution in [0, 0.1) is 0 Å². The summed E-state index contributed by atoms with van der Waals surface area (Å²) in [6.07, 6.45) is 1.62. The van der Waals surface area contributed by atoms with Crippen molar-refractivity contribution in [2.75, 3.05) is 33.1 Å². The minimum Gasteiger partial charge on any atom is -0.497 e. The van der Waals surface area contributed by atoms with Crippen LogP contribution >= 0.6 is 11.3 Å². The number of rotatable bonds is 8. The number of nitrogen functional groups attached to an aromatic ring is 1. The number of hydrogen-bond donors (Lipinski definition) is 1. The van der Waals surface area contributed by atoms with E-state index < -0.39 is 0 Å².